The van der Waals surface area contributed by atoms with Crippen LogP contribution in [-0.2, 0) is 0 Å². The van der Waals surface area contributed by atoms with Gasteiger partial charge in [0.2, 0.25) is 0 Å². The minimum atomic E-state index is -0.275. The number of rotatable bonds is 4. The largest absolute Gasteiger partial charge is 0.367 e. The molecule has 1 aliphatic carbocycles. The van der Waals surface area contributed by atoms with Crippen molar-refractivity contribution in [1.29, 1.82) is 0 Å². The third-order valence-corrected chi connectivity index (χ3v) is 3.84. The molecule has 114 valence electrons. The molecule has 1 heterocycles. The first kappa shape index (κ1) is 13.9. The summed E-state index contributed by atoms with van der Waals surface area (Å²) in [6.07, 6.45) is 2.30. The summed E-state index contributed by atoms with van der Waals surface area (Å²) >= 11 is 0. The summed E-state index contributed by atoms with van der Waals surface area (Å²) in [6, 6.07) is 18.8. The molecule has 0 radical (unpaired) electrons. The Bertz CT molecular complexity index is 829. The molecule has 1 aliphatic rings. The zero-order valence-corrected chi connectivity index (χ0v) is 12.5. The average Bonchev–Trinajstić information content (AvgIpc) is 3.40. The smallest absolute Gasteiger partial charge is 0.162 e. The van der Waals surface area contributed by atoms with Crippen molar-refractivity contribution in [3.8, 4) is 22.6 Å². The van der Waals surface area contributed by atoms with Gasteiger partial charge in [0.25, 0.3) is 0 Å². The molecule has 1 fully saturated rings. The molecule has 23 heavy (non-hydrogen) atoms. The lowest BCUT2D eigenvalue weighted by atomic mass is 10.1. The Morgan fingerprint density at radius 2 is 1.65 bits per heavy atom. The van der Waals surface area contributed by atoms with Crippen LogP contribution in [0.4, 0.5) is 10.2 Å². The van der Waals surface area contributed by atoms with Gasteiger partial charge in [-0.25, -0.2) is 14.4 Å². The minimum absolute atomic E-state index is 0.275. The highest BCUT2D eigenvalue weighted by atomic mass is 19.1. The van der Waals surface area contributed by atoms with Crippen LogP contribution in [0.2, 0.25) is 0 Å². The van der Waals surface area contributed by atoms with E-state index in [4.69, 9.17) is 0 Å². The molecule has 0 spiro atoms. The molecule has 0 aliphatic heterocycles. The predicted molar refractivity (Wildman–Crippen MR) is 89.5 cm³/mol. The van der Waals surface area contributed by atoms with Crippen molar-refractivity contribution >= 4 is 5.82 Å². The summed E-state index contributed by atoms with van der Waals surface area (Å²) in [7, 11) is 0. The van der Waals surface area contributed by atoms with Gasteiger partial charge in [-0.15, -0.1) is 0 Å². The molecule has 2 aromatic carbocycles. The molecule has 1 saturated carbocycles. The first-order valence-electron chi connectivity index (χ1n) is 7.75. The van der Waals surface area contributed by atoms with E-state index >= 15 is 0 Å². The quantitative estimate of drug-likeness (QED) is 0.770. The third-order valence-electron chi connectivity index (χ3n) is 3.84. The van der Waals surface area contributed by atoms with Gasteiger partial charge in [0, 0.05) is 23.2 Å². The van der Waals surface area contributed by atoms with E-state index in [0.29, 0.717) is 23.1 Å². The van der Waals surface area contributed by atoms with Gasteiger partial charge in [-0.05, 0) is 25.0 Å². The van der Waals surface area contributed by atoms with Gasteiger partial charge in [0.05, 0.1) is 5.69 Å². The van der Waals surface area contributed by atoms with E-state index in [-0.39, 0.29) is 5.82 Å². The Morgan fingerprint density at radius 3 is 2.39 bits per heavy atom. The van der Waals surface area contributed by atoms with E-state index < -0.39 is 0 Å². The van der Waals surface area contributed by atoms with Crippen LogP contribution in [0.15, 0.2) is 60.7 Å². The number of nitrogens with one attached hydrogen (secondary N) is 1. The number of halogens is 1. The topological polar surface area (TPSA) is 37.8 Å². The second kappa shape index (κ2) is 5.80. The van der Waals surface area contributed by atoms with Crippen molar-refractivity contribution in [2.75, 3.05) is 5.32 Å². The fourth-order valence-corrected chi connectivity index (χ4v) is 2.48. The summed E-state index contributed by atoms with van der Waals surface area (Å²) < 4.78 is 14.1. The third kappa shape index (κ3) is 3.06. The number of aromatic nitrogens is 2. The molecule has 0 unspecified atom stereocenters. The van der Waals surface area contributed by atoms with Gasteiger partial charge >= 0.3 is 0 Å². The summed E-state index contributed by atoms with van der Waals surface area (Å²) in [5.41, 5.74) is 2.01. The number of hydrogen-bond donors (Lipinski definition) is 1. The Labute approximate surface area is 134 Å². The van der Waals surface area contributed by atoms with E-state index in [9.17, 15) is 4.39 Å². The van der Waals surface area contributed by atoms with E-state index in [1.165, 1.54) is 6.07 Å². The molecule has 0 bridgehead atoms. The van der Waals surface area contributed by atoms with Crippen molar-refractivity contribution in [2.45, 2.75) is 18.9 Å². The normalized spacial score (nSPS) is 13.8. The minimum Gasteiger partial charge on any atom is -0.367 e. The molecule has 1 aromatic heterocycles. The fraction of sp³-hybridized carbons (Fsp3) is 0.158. The second-order valence-electron chi connectivity index (χ2n) is 5.73. The van der Waals surface area contributed by atoms with Crippen LogP contribution in [-0.4, -0.2) is 16.0 Å². The number of nitrogens with zero attached hydrogens (tertiary/aromatic N) is 2. The number of anilines is 1. The molecule has 3 nitrogen and oxygen atoms in total. The maximum absolute atomic E-state index is 14.1. The van der Waals surface area contributed by atoms with Crippen LogP contribution in [0.5, 0.6) is 0 Å². The van der Waals surface area contributed by atoms with Gasteiger partial charge in [-0.1, -0.05) is 42.5 Å². The molecule has 0 amide bonds. The van der Waals surface area contributed by atoms with Crippen molar-refractivity contribution < 1.29 is 4.39 Å². The molecule has 0 atom stereocenters. The van der Waals surface area contributed by atoms with E-state index in [1.807, 2.05) is 42.5 Å². The van der Waals surface area contributed by atoms with Gasteiger partial charge in [-0.3, -0.25) is 0 Å². The van der Waals surface area contributed by atoms with Crippen LogP contribution in [0.25, 0.3) is 22.6 Å². The standard InChI is InChI=1S/C19H16FN3/c20-16-9-5-4-8-15(16)17-12-18(21-14-10-11-14)23-19(22-17)13-6-2-1-3-7-13/h1-9,12,14H,10-11H2,(H,21,22,23). The molecule has 4 rings (SSSR count). The molecular formula is C19H16FN3. The molecule has 3 aromatic rings. The average molecular weight is 305 g/mol. The highest BCUT2D eigenvalue weighted by Gasteiger charge is 2.22. The molecule has 0 saturated heterocycles. The predicted octanol–water partition coefficient (Wildman–Crippen LogP) is 4.52. The summed E-state index contributed by atoms with van der Waals surface area (Å²) in [5, 5.41) is 3.38. The maximum Gasteiger partial charge on any atom is 0.162 e. The van der Waals surface area contributed by atoms with Crippen LogP contribution >= 0.6 is 0 Å². The van der Waals surface area contributed by atoms with Crippen molar-refractivity contribution in [3.63, 3.8) is 0 Å². The van der Waals surface area contributed by atoms with Crippen LogP contribution in [0, 0.1) is 5.82 Å². The van der Waals surface area contributed by atoms with Gasteiger partial charge < -0.3 is 5.32 Å². The summed E-state index contributed by atoms with van der Waals surface area (Å²) in [6.45, 7) is 0. The lowest BCUT2D eigenvalue weighted by Gasteiger charge is -2.10. The summed E-state index contributed by atoms with van der Waals surface area (Å²) in [4.78, 5) is 9.17. The lowest BCUT2D eigenvalue weighted by Crippen LogP contribution is -2.05. The highest BCUT2D eigenvalue weighted by Crippen LogP contribution is 2.29. The lowest BCUT2D eigenvalue weighted by molar-refractivity contribution is 0.630. The SMILES string of the molecule is Fc1ccccc1-c1cc(NC2CC2)nc(-c2ccccc2)n1. The van der Waals surface area contributed by atoms with Gasteiger partial charge in [-0.2, -0.15) is 0 Å². The van der Waals surface area contributed by atoms with Crippen LogP contribution < -0.4 is 5.32 Å². The maximum atomic E-state index is 14.1. The van der Waals surface area contributed by atoms with E-state index in [0.717, 1.165) is 24.2 Å². The Kier molecular flexibility index (Phi) is 3.50. The number of hydrogen-bond acceptors (Lipinski definition) is 3. The second-order valence-corrected chi connectivity index (χ2v) is 5.73. The van der Waals surface area contributed by atoms with Gasteiger partial charge in [0.1, 0.15) is 11.6 Å². The Balaban J connectivity index is 1.83. The first-order chi connectivity index (χ1) is 11.3. The Hall–Kier alpha value is -2.75. The zero-order valence-electron chi connectivity index (χ0n) is 12.5. The van der Waals surface area contributed by atoms with E-state index in [2.05, 4.69) is 15.3 Å². The molecule has 1 N–H and O–H groups in total. The monoisotopic (exact) mass is 305 g/mol. The fourth-order valence-electron chi connectivity index (χ4n) is 2.48. The number of benzene rings is 2. The van der Waals surface area contributed by atoms with Crippen LogP contribution in [0.1, 0.15) is 12.8 Å². The van der Waals surface area contributed by atoms with Gasteiger partial charge in [0.15, 0.2) is 5.82 Å². The first-order valence-corrected chi connectivity index (χ1v) is 7.75. The van der Waals surface area contributed by atoms with Crippen molar-refractivity contribution in [3.05, 3.63) is 66.5 Å². The summed E-state index contributed by atoms with van der Waals surface area (Å²) in [5.74, 6) is 1.08. The van der Waals surface area contributed by atoms with Crippen LogP contribution in [0.3, 0.4) is 0 Å². The molecular weight excluding hydrogens is 289 g/mol. The van der Waals surface area contributed by atoms with E-state index in [1.54, 1.807) is 12.1 Å². The molecule has 4 heteroatoms. The van der Waals surface area contributed by atoms with Crippen molar-refractivity contribution in [1.82, 2.24) is 9.97 Å². The Morgan fingerprint density at radius 1 is 0.913 bits per heavy atom. The van der Waals surface area contributed by atoms with Crippen molar-refractivity contribution in [2.24, 2.45) is 0 Å². The zero-order chi connectivity index (χ0) is 15.6. The highest BCUT2D eigenvalue weighted by molar-refractivity contribution is 5.68.